The van der Waals surface area contributed by atoms with Gasteiger partial charge in [-0.05, 0) is 42.9 Å². The Morgan fingerprint density at radius 1 is 1.41 bits per heavy atom. The number of aromatic amines is 1. The smallest absolute Gasteiger partial charge is 0.259 e. The standard InChI is InChI=1S/C19H19N7OS2/c1-10-4-5-12-13(7-10)29-18-15(12)17(27)22-14(23-18)9-28-19-25-24-16(26(19)20)11-3-2-6-21-8-11/h2-3,6,8,10H,4-5,7,9,20H2,1H3,(H,22,23,27)/t10-/m1/s1. The summed E-state index contributed by atoms with van der Waals surface area (Å²) in [5.74, 6) is 8.42. The molecule has 10 heteroatoms. The first kappa shape index (κ1) is 18.3. The number of aryl methyl sites for hydroxylation is 1. The van der Waals surface area contributed by atoms with Crippen molar-refractivity contribution in [2.24, 2.45) is 5.92 Å². The van der Waals surface area contributed by atoms with Crippen molar-refractivity contribution in [2.75, 3.05) is 5.84 Å². The van der Waals surface area contributed by atoms with Crippen molar-refractivity contribution in [1.82, 2.24) is 29.8 Å². The highest BCUT2D eigenvalue weighted by atomic mass is 32.2. The van der Waals surface area contributed by atoms with Gasteiger partial charge in [-0.1, -0.05) is 18.7 Å². The monoisotopic (exact) mass is 425 g/mol. The number of rotatable bonds is 4. The Labute approximate surface area is 174 Å². The number of aromatic nitrogens is 6. The molecule has 0 bridgehead atoms. The van der Waals surface area contributed by atoms with E-state index in [-0.39, 0.29) is 5.56 Å². The molecule has 0 radical (unpaired) electrons. The minimum Gasteiger partial charge on any atom is -0.335 e. The minimum absolute atomic E-state index is 0.0529. The summed E-state index contributed by atoms with van der Waals surface area (Å²) < 4.78 is 1.43. The molecule has 8 nitrogen and oxygen atoms in total. The Balaban J connectivity index is 1.40. The van der Waals surface area contributed by atoms with Gasteiger partial charge in [0.2, 0.25) is 5.16 Å². The molecular weight excluding hydrogens is 406 g/mol. The lowest BCUT2D eigenvalue weighted by Crippen LogP contribution is -2.15. The Bertz CT molecular complexity index is 1240. The molecule has 0 amide bonds. The number of thioether (sulfide) groups is 1. The van der Waals surface area contributed by atoms with Crippen LogP contribution >= 0.6 is 23.1 Å². The number of thiophene rings is 1. The second-order valence-electron chi connectivity index (χ2n) is 7.25. The summed E-state index contributed by atoms with van der Waals surface area (Å²) >= 11 is 3.04. The first-order chi connectivity index (χ1) is 14.1. The number of H-pyrrole nitrogens is 1. The van der Waals surface area contributed by atoms with E-state index in [2.05, 4.69) is 27.1 Å². The molecule has 1 aliphatic carbocycles. The number of nitrogens with one attached hydrogen (secondary N) is 1. The Morgan fingerprint density at radius 3 is 3.14 bits per heavy atom. The fraction of sp³-hybridized carbons (Fsp3) is 0.316. The molecule has 29 heavy (non-hydrogen) atoms. The summed E-state index contributed by atoms with van der Waals surface area (Å²) in [5, 5.41) is 9.63. The van der Waals surface area contributed by atoms with Gasteiger partial charge in [0.15, 0.2) is 5.82 Å². The van der Waals surface area contributed by atoms with Crippen LogP contribution in [0.15, 0.2) is 34.5 Å². The number of nitrogen functional groups attached to an aromatic ring is 1. The molecule has 3 N–H and O–H groups in total. The number of nitrogens with zero attached hydrogens (tertiary/aromatic N) is 5. The molecule has 148 valence electrons. The Kier molecular flexibility index (Phi) is 4.59. The SMILES string of the molecule is C[C@@H]1CCc2c(sc3nc(CSc4nnc(-c5cccnc5)n4N)[nH]c(=O)c23)C1. The Morgan fingerprint density at radius 2 is 2.31 bits per heavy atom. The largest absolute Gasteiger partial charge is 0.335 e. The quantitative estimate of drug-likeness (QED) is 0.381. The van der Waals surface area contributed by atoms with Crippen LogP contribution in [-0.4, -0.2) is 29.8 Å². The van der Waals surface area contributed by atoms with Gasteiger partial charge in [0.05, 0.1) is 11.1 Å². The van der Waals surface area contributed by atoms with Crippen LogP contribution in [0.25, 0.3) is 21.6 Å². The van der Waals surface area contributed by atoms with Crippen molar-refractivity contribution in [2.45, 2.75) is 37.1 Å². The van der Waals surface area contributed by atoms with Crippen molar-refractivity contribution < 1.29 is 0 Å². The maximum Gasteiger partial charge on any atom is 0.259 e. The summed E-state index contributed by atoms with van der Waals surface area (Å²) in [4.78, 5) is 26.6. The van der Waals surface area contributed by atoms with E-state index in [0.717, 1.165) is 35.0 Å². The predicted octanol–water partition coefficient (Wildman–Crippen LogP) is 2.77. The van der Waals surface area contributed by atoms with Crippen LogP contribution in [0.2, 0.25) is 0 Å². The number of hydrogen-bond acceptors (Lipinski definition) is 8. The molecule has 0 spiro atoms. The molecule has 0 unspecified atom stereocenters. The summed E-state index contributed by atoms with van der Waals surface area (Å²) in [6.45, 7) is 2.26. The molecule has 0 saturated carbocycles. The molecule has 4 aromatic heterocycles. The molecule has 0 saturated heterocycles. The van der Waals surface area contributed by atoms with Crippen molar-refractivity contribution >= 4 is 33.3 Å². The maximum absolute atomic E-state index is 12.7. The second kappa shape index (κ2) is 7.27. The highest BCUT2D eigenvalue weighted by Crippen LogP contribution is 2.35. The van der Waals surface area contributed by atoms with Gasteiger partial charge in [-0.3, -0.25) is 9.78 Å². The zero-order valence-corrected chi connectivity index (χ0v) is 17.4. The van der Waals surface area contributed by atoms with E-state index in [1.165, 1.54) is 26.9 Å². The average molecular weight is 426 g/mol. The van der Waals surface area contributed by atoms with E-state index in [1.807, 2.05) is 12.1 Å². The van der Waals surface area contributed by atoms with Gasteiger partial charge in [0.25, 0.3) is 5.56 Å². The number of hydrogen-bond donors (Lipinski definition) is 2. The fourth-order valence-electron chi connectivity index (χ4n) is 3.66. The third-order valence-corrected chi connectivity index (χ3v) is 7.24. The average Bonchev–Trinajstić information content (AvgIpc) is 3.26. The first-order valence-corrected chi connectivity index (χ1v) is 11.2. The normalized spacial score (nSPS) is 16.2. The van der Waals surface area contributed by atoms with Crippen LogP contribution in [0, 0.1) is 5.92 Å². The van der Waals surface area contributed by atoms with Gasteiger partial charge in [0.1, 0.15) is 10.7 Å². The summed E-state index contributed by atoms with van der Waals surface area (Å²) in [6.07, 6.45) is 6.50. The zero-order valence-electron chi connectivity index (χ0n) is 15.8. The molecule has 4 aromatic rings. The predicted molar refractivity (Wildman–Crippen MR) is 114 cm³/mol. The number of pyridine rings is 1. The number of fused-ring (bicyclic) bond motifs is 3. The van der Waals surface area contributed by atoms with Gasteiger partial charge >= 0.3 is 0 Å². The molecule has 1 aliphatic rings. The molecule has 0 fully saturated rings. The third-order valence-electron chi connectivity index (χ3n) is 5.14. The zero-order chi connectivity index (χ0) is 20.0. The van der Waals surface area contributed by atoms with Crippen LogP contribution in [0.3, 0.4) is 0 Å². The van der Waals surface area contributed by atoms with Crippen LogP contribution in [0.4, 0.5) is 0 Å². The Hall–Kier alpha value is -2.72. The van der Waals surface area contributed by atoms with E-state index in [0.29, 0.717) is 28.5 Å². The highest BCUT2D eigenvalue weighted by molar-refractivity contribution is 7.98. The lowest BCUT2D eigenvalue weighted by molar-refractivity contribution is 0.509. The molecule has 5 rings (SSSR count). The first-order valence-electron chi connectivity index (χ1n) is 9.37. The van der Waals surface area contributed by atoms with E-state index in [4.69, 9.17) is 10.8 Å². The van der Waals surface area contributed by atoms with Crippen molar-refractivity contribution in [3.05, 3.63) is 51.1 Å². The third kappa shape index (κ3) is 3.32. The highest BCUT2D eigenvalue weighted by Gasteiger charge is 2.23. The van der Waals surface area contributed by atoms with Crippen LogP contribution in [0.1, 0.15) is 29.6 Å². The van der Waals surface area contributed by atoms with Crippen LogP contribution in [0.5, 0.6) is 0 Å². The minimum atomic E-state index is -0.0529. The fourth-order valence-corrected chi connectivity index (χ4v) is 5.79. The van der Waals surface area contributed by atoms with Gasteiger partial charge in [-0.25, -0.2) is 9.66 Å². The van der Waals surface area contributed by atoms with E-state index in [1.54, 1.807) is 23.7 Å². The summed E-state index contributed by atoms with van der Waals surface area (Å²) in [6, 6.07) is 3.70. The summed E-state index contributed by atoms with van der Waals surface area (Å²) in [5.41, 5.74) is 1.93. The topological polar surface area (TPSA) is 115 Å². The lowest BCUT2D eigenvalue weighted by Gasteiger charge is -2.17. The lowest BCUT2D eigenvalue weighted by atomic mass is 9.89. The number of nitrogens with two attached hydrogens (primary N) is 1. The van der Waals surface area contributed by atoms with Crippen molar-refractivity contribution in [3.63, 3.8) is 0 Å². The molecule has 0 aliphatic heterocycles. The van der Waals surface area contributed by atoms with Crippen LogP contribution < -0.4 is 11.4 Å². The molecule has 0 aromatic carbocycles. The molecular formula is C19H19N7OS2. The molecule has 1 atom stereocenters. The van der Waals surface area contributed by atoms with E-state index < -0.39 is 0 Å². The van der Waals surface area contributed by atoms with Gasteiger partial charge in [-0.2, -0.15) is 0 Å². The van der Waals surface area contributed by atoms with Gasteiger partial charge in [-0.15, -0.1) is 21.5 Å². The second-order valence-corrected chi connectivity index (χ2v) is 9.28. The van der Waals surface area contributed by atoms with Crippen molar-refractivity contribution in [3.8, 4) is 11.4 Å². The van der Waals surface area contributed by atoms with E-state index in [9.17, 15) is 4.79 Å². The van der Waals surface area contributed by atoms with Crippen LogP contribution in [-0.2, 0) is 18.6 Å². The van der Waals surface area contributed by atoms with Gasteiger partial charge < -0.3 is 10.8 Å². The van der Waals surface area contributed by atoms with Gasteiger partial charge in [0, 0.05) is 22.8 Å². The maximum atomic E-state index is 12.7. The molecule has 4 heterocycles. The van der Waals surface area contributed by atoms with Crippen molar-refractivity contribution in [1.29, 1.82) is 0 Å². The summed E-state index contributed by atoms with van der Waals surface area (Å²) in [7, 11) is 0. The van der Waals surface area contributed by atoms with E-state index >= 15 is 0 Å².